The Bertz CT molecular complexity index is 1850. The lowest BCUT2D eigenvalue weighted by Crippen LogP contribution is -2.04. The van der Waals surface area contributed by atoms with Crippen LogP contribution in [0.2, 0.25) is 0 Å². The number of allylic oxidation sites excluding steroid dienone is 1. The standard InChI is InChI=1S/C35H25N/c1-22-13-20-34-32(21-22)28-9-4-5-12-33(28)36(34)24-16-14-23(15-17-24)25-18-19-31-27-8-3-2-7-26(27)30-11-6-10-29(25)35(30)31/h2-12,14-19,21H,13,20H2,1H3. The fourth-order valence-electron chi connectivity index (χ4n) is 6.50. The number of hydrogen-bond acceptors (Lipinski definition) is 0. The molecule has 0 fully saturated rings. The molecule has 8 rings (SSSR count). The molecule has 1 nitrogen and oxygen atoms in total. The summed E-state index contributed by atoms with van der Waals surface area (Å²) >= 11 is 0. The average Bonchev–Trinajstić information content (AvgIpc) is 3.43. The van der Waals surface area contributed by atoms with Gasteiger partial charge >= 0.3 is 0 Å². The Morgan fingerprint density at radius 2 is 1.22 bits per heavy atom. The van der Waals surface area contributed by atoms with E-state index >= 15 is 0 Å². The molecule has 1 heterocycles. The number of para-hydroxylation sites is 1. The van der Waals surface area contributed by atoms with E-state index in [0.29, 0.717) is 0 Å². The highest BCUT2D eigenvalue weighted by Gasteiger charge is 2.23. The van der Waals surface area contributed by atoms with E-state index in [4.69, 9.17) is 0 Å². The largest absolute Gasteiger partial charge is 0.313 e. The highest BCUT2D eigenvalue weighted by atomic mass is 15.0. The van der Waals surface area contributed by atoms with Gasteiger partial charge in [0.2, 0.25) is 0 Å². The Kier molecular flexibility index (Phi) is 4.05. The van der Waals surface area contributed by atoms with Gasteiger partial charge in [-0.15, -0.1) is 0 Å². The van der Waals surface area contributed by atoms with Gasteiger partial charge in [-0.05, 0) is 82.1 Å². The van der Waals surface area contributed by atoms with Crippen LogP contribution in [0.4, 0.5) is 0 Å². The molecule has 0 saturated heterocycles. The van der Waals surface area contributed by atoms with Crippen molar-refractivity contribution >= 4 is 27.8 Å². The first-order valence-electron chi connectivity index (χ1n) is 12.8. The Balaban J connectivity index is 1.29. The van der Waals surface area contributed by atoms with Gasteiger partial charge in [0.25, 0.3) is 0 Å². The monoisotopic (exact) mass is 459 g/mol. The zero-order valence-electron chi connectivity index (χ0n) is 20.3. The summed E-state index contributed by atoms with van der Waals surface area (Å²) in [4.78, 5) is 0. The van der Waals surface area contributed by atoms with E-state index in [-0.39, 0.29) is 0 Å². The molecule has 0 unspecified atom stereocenters. The third-order valence-electron chi connectivity index (χ3n) is 8.15. The molecule has 0 radical (unpaired) electrons. The molecule has 6 aromatic rings. The smallest absolute Gasteiger partial charge is 0.0537 e. The number of benzene rings is 5. The predicted molar refractivity (Wildman–Crippen MR) is 153 cm³/mol. The highest BCUT2D eigenvalue weighted by molar-refractivity contribution is 6.18. The fourth-order valence-corrected chi connectivity index (χ4v) is 6.50. The van der Waals surface area contributed by atoms with Crippen LogP contribution >= 0.6 is 0 Å². The predicted octanol–water partition coefficient (Wildman–Crippen LogP) is 9.45. The number of rotatable bonds is 2. The quantitative estimate of drug-likeness (QED) is 0.243. The van der Waals surface area contributed by atoms with Crippen LogP contribution in [0.5, 0.6) is 0 Å². The zero-order chi connectivity index (χ0) is 23.8. The topological polar surface area (TPSA) is 4.93 Å². The Morgan fingerprint density at radius 1 is 0.556 bits per heavy atom. The second kappa shape index (κ2) is 7.32. The van der Waals surface area contributed by atoms with Gasteiger partial charge in [-0.25, -0.2) is 0 Å². The van der Waals surface area contributed by atoms with Gasteiger partial charge in [0.05, 0.1) is 5.52 Å². The van der Waals surface area contributed by atoms with Gasteiger partial charge in [-0.3, -0.25) is 0 Å². The lowest BCUT2D eigenvalue weighted by molar-refractivity contribution is 0.856. The minimum atomic E-state index is 1.09. The van der Waals surface area contributed by atoms with Crippen LogP contribution in [0.3, 0.4) is 0 Å². The van der Waals surface area contributed by atoms with Gasteiger partial charge < -0.3 is 4.57 Å². The average molecular weight is 460 g/mol. The van der Waals surface area contributed by atoms with Crippen LogP contribution in [0, 0.1) is 0 Å². The molecular weight excluding hydrogens is 434 g/mol. The second-order valence-corrected chi connectivity index (χ2v) is 10.2. The van der Waals surface area contributed by atoms with Crippen LogP contribution in [-0.4, -0.2) is 4.57 Å². The molecule has 0 aliphatic heterocycles. The molecule has 2 aliphatic carbocycles. The van der Waals surface area contributed by atoms with E-state index in [2.05, 4.69) is 121 Å². The van der Waals surface area contributed by atoms with Crippen LogP contribution in [0.15, 0.2) is 109 Å². The summed E-state index contributed by atoms with van der Waals surface area (Å²) in [6, 6.07) is 38.2. The van der Waals surface area contributed by atoms with Crippen molar-refractivity contribution in [3.8, 4) is 39.1 Å². The molecule has 5 aromatic carbocycles. The van der Waals surface area contributed by atoms with E-state index in [0.717, 1.165) is 12.8 Å². The van der Waals surface area contributed by atoms with Gasteiger partial charge in [-0.2, -0.15) is 0 Å². The summed E-state index contributed by atoms with van der Waals surface area (Å²) in [5, 5.41) is 4.06. The van der Waals surface area contributed by atoms with Gasteiger partial charge in [0, 0.05) is 22.3 Å². The van der Waals surface area contributed by atoms with Crippen molar-refractivity contribution < 1.29 is 0 Å². The van der Waals surface area contributed by atoms with E-state index in [9.17, 15) is 0 Å². The first kappa shape index (κ1) is 19.9. The minimum absolute atomic E-state index is 1.09. The number of nitrogens with zero attached hydrogens (tertiary/aromatic N) is 1. The SMILES string of the molecule is CC1=Cc2c(n(-c3ccc(-c4ccc5c6c(cccc46)-c4ccccc4-5)cc3)c3ccccc23)CC1. The van der Waals surface area contributed by atoms with Gasteiger partial charge in [0.1, 0.15) is 0 Å². The van der Waals surface area contributed by atoms with E-state index in [1.807, 2.05) is 0 Å². The van der Waals surface area contributed by atoms with Crippen LogP contribution in [0.1, 0.15) is 24.6 Å². The molecule has 0 spiro atoms. The number of aromatic nitrogens is 1. The summed E-state index contributed by atoms with van der Waals surface area (Å²) in [6.45, 7) is 2.25. The first-order chi connectivity index (χ1) is 17.8. The third-order valence-corrected chi connectivity index (χ3v) is 8.15. The van der Waals surface area contributed by atoms with Crippen molar-refractivity contribution in [2.24, 2.45) is 0 Å². The van der Waals surface area contributed by atoms with Crippen LogP contribution < -0.4 is 0 Å². The molecule has 0 saturated carbocycles. The molecule has 170 valence electrons. The van der Waals surface area contributed by atoms with E-state index < -0.39 is 0 Å². The maximum atomic E-state index is 2.47. The Labute approximate surface area is 211 Å². The Morgan fingerprint density at radius 3 is 2.06 bits per heavy atom. The van der Waals surface area contributed by atoms with Crippen molar-refractivity contribution in [1.82, 2.24) is 4.57 Å². The molecule has 36 heavy (non-hydrogen) atoms. The maximum absolute atomic E-state index is 2.47. The first-order valence-corrected chi connectivity index (χ1v) is 12.8. The molecule has 0 amide bonds. The van der Waals surface area contributed by atoms with E-state index in [1.54, 1.807) is 0 Å². The fraction of sp³-hybridized carbons (Fsp3) is 0.0857. The van der Waals surface area contributed by atoms with Crippen molar-refractivity contribution in [3.63, 3.8) is 0 Å². The summed E-state index contributed by atoms with van der Waals surface area (Å²) in [7, 11) is 0. The van der Waals surface area contributed by atoms with Gasteiger partial charge in [-0.1, -0.05) is 96.6 Å². The van der Waals surface area contributed by atoms with Crippen molar-refractivity contribution in [3.05, 3.63) is 120 Å². The highest BCUT2D eigenvalue weighted by Crippen LogP contribution is 2.49. The van der Waals surface area contributed by atoms with Crippen LogP contribution in [-0.2, 0) is 6.42 Å². The summed E-state index contributed by atoms with van der Waals surface area (Å²) in [5.41, 5.74) is 14.8. The van der Waals surface area contributed by atoms with Crippen molar-refractivity contribution in [2.75, 3.05) is 0 Å². The van der Waals surface area contributed by atoms with Crippen LogP contribution in [0.25, 0.3) is 66.8 Å². The molecular formula is C35H25N. The zero-order valence-corrected chi connectivity index (χ0v) is 20.3. The summed E-state index contributed by atoms with van der Waals surface area (Å²) in [5.74, 6) is 0. The maximum Gasteiger partial charge on any atom is 0.0537 e. The summed E-state index contributed by atoms with van der Waals surface area (Å²) in [6.07, 6.45) is 4.60. The molecule has 1 heteroatoms. The molecule has 0 N–H and O–H groups in total. The van der Waals surface area contributed by atoms with Crippen molar-refractivity contribution in [2.45, 2.75) is 19.8 Å². The van der Waals surface area contributed by atoms with Crippen molar-refractivity contribution in [1.29, 1.82) is 0 Å². The molecule has 0 bridgehead atoms. The minimum Gasteiger partial charge on any atom is -0.313 e. The normalized spacial score (nSPS) is 13.6. The number of fused-ring (bicyclic) bond motifs is 6. The third kappa shape index (κ3) is 2.66. The lowest BCUT2D eigenvalue weighted by atomic mass is 9.94. The number of hydrogen-bond donors (Lipinski definition) is 0. The van der Waals surface area contributed by atoms with Gasteiger partial charge in [0.15, 0.2) is 0 Å². The molecule has 2 aliphatic rings. The molecule has 0 atom stereocenters. The summed E-state index contributed by atoms with van der Waals surface area (Å²) < 4.78 is 2.47. The Hall–Kier alpha value is -4.36. The van der Waals surface area contributed by atoms with E-state index in [1.165, 1.54) is 77.6 Å². The lowest BCUT2D eigenvalue weighted by Gasteiger charge is -2.16. The second-order valence-electron chi connectivity index (χ2n) is 10.2. The molecule has 1 aromatic heterocycles.